The Morgan fingerprint density at radius 1 is 1.00 bits per heavy atom. The van der Waals surface area contributed by atoms with Crippen molar-refractivity contribution in [3.05, 3.63) is 59.7 Å². The molecule has 7 nitrogen and oxygen atoms in total. The molecule has 0 radical (unpaired) electrons. The fraction of sp³-hybridized carbons (Fsp3) is 0.348. The van der Waals surface area contributed by atoms with Gasteiger partial charge in [-0.15, -0.1) is 0 Å². The van der Waals surface area contributed by atoms with Gasteiger partial charge in [0.05, 0.1) is 5.69 Å². The van der Waals surface area contributed by atoms with Crippen LogP contribution in [0.5, 0.6) is 0 Å². The second kappa shape index (κ2) is 8.57. The summed E-state index contributed by atoms with van der Waals surface area (Å²) in [5.74, 6) is -0.640. The zero-order chi connectivity index (χ0) is 21.1. The Morgan fingerprint density at radius 2 is 1.73 bits per heavy atom. The van der Waals surface area contributed by atoms with Crippen LogP contribution in [0, 0.1) is 5.92 Å². The SMILES string of the molecule is O=C(Nc1ccc2c(c1)CCN2C(=O)O)C(=O)N1CCC(Cc2ccccc2)CC1. The molecule has 2 aliphatic heterocycles. The highest BCUT2D eigenvalue weighted by Crippen LogP contribution is 2.30. The summed E-state index contributed by atoms with van der Waals surface area (Å²) in [6, 6.07) is 15.4. The maximum atomic E-state index is 12.6. The first-order chi connectivity index (χ1) is 14.5. The van der Waals surface area contributed by atoms with Crippen LogP contribution in [0.25, 0.3) is 0 Å². The molecule has 0 bridgehead atoms. The number of amides is 3. The van der Waals surface area contributed by atoms with Crippen molar-refractivity contribution in [2.45, 2.75) is 25.7 Å². The summed E-state index contributed by atoms with van der Waals surface area (Å²) in [6.45, 7) is 1.57. The largest absolute Gasteiger partial charge is 0.465 e. The first kappa shape index (κ1) is 19.9. The number of carbonyl (C=O) groups is 3. The number of nitrogens with zero attached hydrogens (tertiary/aromatic N) is 2. The number of fused-ring (bicyclic) bond motifs is 1. The fourth-order valence-corrected chi connectivity index (χ4v) is 4.29. The van der Waals surface area contributed by atoms with Crippen molar-refractivity contribution in [2.75, 3.05) is 29.9 Å². The molecular formula is C23H25N3O4. The number of carbonyl (C=O) groups excluding carboxylic acids is 2. The number of piperidine rings is 1. The number of anilines is 2. The Hall–Kier alpha value is -3.35. The number of nitrogens with one attached hydrogen (secondary N) is 1. The van der Waals surface area contributed by atoms with Gasteiger partial charge in [-0.3, -0.25) is 14.5 Å². The highest BCUT2D eigenvalue weighted by atomic mass is 16.4. The first-order valence-corrected chi connectivity index (χ1v) is 10.3. The van der Waals surface area contributed by atoms with Gasteiger partial charge in [0.15, 0.2) is 0 Å². The number of benzene rings is 2. The lowest BCUT2D eigenvalue weighted by Crippen LogP contribution is -2.44. The van der Waals surface area contributed by atoms with Crippen LogP contribution in [-0.2, 0) is 22.4 Å². The predicted molar refractivity (Wildman–Crippen MR) is 114 cm³/mol. The van der Waals surface area contributed by atoms with E-state index in [4.69, 9.17) is 0 Å². The third-order valence-electron chi connectivity index (χ3n) is 5.93. The molecule has 2 aliphatic rings. The van der Waals surface area contributed by atoms with Crippen LogP contribution < -0.4 is 10.2 Å². The molecule has 0 aromatic heterocycles. The van der Waals surface area contributed by atoms with E-state index in [0.717, 1.165) is 24.8 Å². The van der Waals surface area contributed by atoms with Gasteiger partial charge in [-0.2, -0.15) is 0 Å². The number of carboxylic acid groups (broad SMARTS) is 1. The molecule has 2 aromatic carbocycles. The summed E-state index contributed by atoms with van der Waals surface area (Å²) in [6.07, 6.45) is 2.37. The Kier molecular flexibility index (Phi) is 5.70. The summed E-state index contributed by atoms with van der Waals surface area (Å²) < 4.78 is 0. The second-order valence-corrected chi connectivity index (χ2v) is 7.91. The lowest BCUT2D eigenvalue weighted by Gasteiger charge is -2.31. The van der Waals surface area contributed by atoms with Gasteiger partial charge in [0.1, 0.15) is 0 Å². The standard InChI is InChI=1S/C23H25N3O4/c27-21(24-19-6-7-20-18(15-19)10-13-26(20)23(29)30)22(28)25-11-8-17(9-12-25)14-16-4-2-1-3-5-16/h1-7,15,17H,8-14H2,(H,24,27)(H,29,30). The monoisotopic (exact) mass is 407 g/mol. The van der Waals surface area contributed by atoms with Crippen LogP contribution in [0.3, 0.4) is 0 Å². The van der Waals surface area contributed by atoms with Crippen molar-refractivity contribution in [3.8, 4) is 0 Å². The van der Waals surface area contributed by atoms with Crippen LogP contribution in [-0.4, -0.2) is 47.5 Å². The average molecular weight is 407 g/mol. The van der Waals surface area contributed by atoms with Gasteiger partial charge in [0.25, 0.3) is 0 Å². The molecule has 0 unspecified atom stereocenters. The van der Waals surface area contributed by atoms with Crippen LogP contribution in [0.4, 0.5) is 16.2 Å². The number of rotatable bonds is 3. The highest BCUT2D eigenvalue weighted by Gasteiger charge is 2.28. The summed E-state index contributed by atoms with van der Waals surface area (Å²) in [4.78, 5) is 39.1. The molecule has 1 fully saturated rings. The molecule has 0 atom stereocenters. The van der Waals surface area contributed by atoms with Gasteiger partial charge < -0.3 is 15.3 Å². The van der Waals surface area contributed by atoms with Crippen molar-refractivity contribution in [2.24, 2.45) is 5.92 Å². The molecule has 4 rings (SSSR count). The van der Waals surface area contributed by atoms with Gasteiger partial charge >= 0.3 is 17.9 Å². The predicted octanol–water partition coefficient (Wildman–Crippen LogP) is 3.15. The van der Waals surface area contributed by atoms with E-state index in [1.54, 1.807) is 23.1 Å². The first-order valence-electron chi connectivity index (χ1n) is 10.3. The quantitative estimate of drug-likeness (QED) is 0.765. The molecule has 2 aromatic rings. The highest BCUT2D eigenvalue weighted by molar-refractivity contribution is 6.39. The Bertz CT molecular complexity index is 952. The lowest BCUT2D eigenvalue weighted by atomic mass is 9.90. The topological polar surface area (TPSA) is 90.0 Å². The molecule has 1 saturated heterocycles. The van der Waals surface area contributed by atoms with Gasteiger partial charge in [0.2, 0.25) is 0 Å². The van der Waals surface area contributed by atoms with Gasteiger partial charge in [0, 0.05) is 25.3 Å². The third-order valence-corrected chi connectivity index (χ3v) is 5.93. The van der Waals surface area contributed by atoms with E-state index in [2.05, 4.69) is 17.4 Å². The van der Waals surface area contributed by atoms with E-state index in [9.17, 15) is 19.5 Å². The molecule has 2 heterocycles. The van der Waals surface area contributed by atoms with Crippen LogP contribution >= 0.6 is 0 Å². The Balaban J connectivity index is 1.30. The van der Waals surface area contributed by atoms with E-state index in [1.807, 2.05) is 18.2 Å². The summed E-state index contributed by atoms with van der Waals surface area (Å²) in [7, 11) is 0. The Labute approximate surface area is 175 Å². The van der Waals surface area contributed by atoms with Crippen molar-refractivity contribution in [1.82, 2.24) is 4.90 Å². The van der Waals surface area contributed by atoms with Gasteiger partial charge in [-0.25, -0.2) is 4.79 Å². The van der Waals surface area contributed by atoms with Crippen molar-refractivity contribution >= 4 is 29.3 Å². The van der Waals surface area contributed by atoms with Crippen LogP contribution in [0.15, 0.2) is 48.5 Å². The molecular weight excluding hydrogens is 382 g/mol. The van der Waals surface area contributed by atoms with E-state index in [1.165, 1.54) is 10.5 Å². The molecule has 30 heavy (non-hydrogen) atoms. The molecule has 0 saturated carbocycles. The smallest absolute Gasteiger partial charge is 0.411 e. The zero-order valence-corrected chi connectivity index (χ0v) is 16.7. The molecule has 0 aliphatic carbocycles. The zero-order valence-electron chi connectivity index (χ0n) is 16.7. The summed E-state index contributed by atoms with van der Waals surface area (Å²) >= 11 is 0. The minimum Gasteiger partial charge on any atom is -0.465 e. The van der Waals surface area contributed by atoms with E-state index in [-0.39, 0.29) is 0 Å². The minimum absolute atomic E-state index is 0.402. The third kappa shape index (κ3) is 4.30. The maximum Gasteiger partial charge on any atom is 0.411 e. The van der Waals surface area contributed by atoms with E-state index in [0.29, 0.717) is 43.3 Å². The molecule has 0 spiro atoms. The summed E-state index contributed by atoms with van der Waals surface area (Å²) in [5, 5.41) is 11.9. The molecule has 2 N–H and O–H groups in total. The van der Waals surface area contributed by atoms with Crippen LogP contribution in [0.1, 0.15) is 24.0 Å². The number of likely N-dealkylation sites (tertiary alicyclic amines) is 1. The normalized spacial score (nSPS) is 16.3. The van der Waals surface area contributed by atoms with Crippen molar-refractivity contribution in [3.63, 3.8) is 0 Å². The van der Waals surface area contributed by atoms with Gasteiger partial charge in [-0.1, -0.05) is 30.3 Å². The minimum atomic E-state index is -0.989. The number of hydrogen-bond donors (Lipinski definition) is 2. The molecule has 7 heteroatoms. The molecule has 3 amide bonds. The lowest BCUT2D eigenvalue weighted by molar-refractivity contribution is -0.144. The van der Waals surface area contributed by atoms with Crippen molar-refractivity contribution in [1.29, 1.82) is 0 Å². The Morgan fingerprint density at radius 3 is 2.43 bits per heavy atom. The van der Waals surface area contributed by atoms with Crippen molar-refractivity contribution < 1.29 is 19.5 Å². The summed E-state index contributed by atoms with van der Waals surface area (Å²) in [5.41, 5.74) is 3.30. The van der Waals surface area contributed by atoms with Crippen LogP contribution in [0.2, 0.25) is 0 Å². The van der Waals surface area contributed by atoms with E-state index >= 15 is 0 Å². The fourth-order valence-electron chi connectivity index (χ4n) is 4.29. The average Bonchev–Trinajstić information content (AvgIpc) is 3.18. The van der Waals surface area contributed by atoms with E-state index < -0.39 is 17.9 Å². The number of hydrogen-bond acceptors (Lipinski definition) is 3. The maximum absolute atomic E-state index is 12.6. The van der Waals surface area contributed by atoms with Gasteiger partial charge in [-0.05, 0) is 60.9 Å². The molecule has 156 valence electrons. The second-order valence-electron chi connectivity index (χ2n) is 7.91.